The predicted octanol–water partition coefficient (Wildman–Crippen LogP) is 6.82. The Balaban J connectivity index is 2.01. The van der Waals surface area contributed by atoms with Crippen LogP contribution in [0.2, 0.25) is 15.1 Å². The maximum Gasteiger partial charge on any atom is 0.189 e. The Kier molecular flexibility index (Phi) is 5.82. The first-order valence-corrected chi connectivity index (χ1v) is 8.84. The molecule has 3 rings (SSSR count). The number of ketones is 1. The smallest absolute Gasteiger partial charge is 0.189 e. The molecule has 6 heteroatoms. The van der Waals surface area contributed by atoms with E-state index in [0.29, 0.717) is 26.9 Å². The number of carbonyl (C=O) groups is 1. The lowest BCUT2D eigenvalue weighted by molar-refractivity contribution is 0.0969. The highest BCUT2D eigenvalue weighted by Gasteiger charge is 2.24. The molecule has 0 aliphatic carbocycles. The number of hydrogen-bond acceptors (Lipinski definition) is 2. The minimum Gasteiger partial charge on any atom is -0.371 e. The first kappa shape index (κ1) is 18.7. The molecule has 0 bridgehead atoms. The molecule has 0 aromatic heterocycles. The van der Waals surface area contributed by atoms with E-state index in [1.807, 2.05) is 0 Å². The average Bonchev–Trinajstić information content (AvgIpc) is 2.62. The van der Waals surface area contributed by atoms with E-state index in [1.165, 1.54) is 18.2 Å². The summed E-state index contributed by atoms with van der Waals surface area (Å²) in [6.45, 7) is 0. The second kappa shape index (κ2) is 8.09. The van der Waals surface area contributed by atoms with E-state index in [-0.39, 0.29) is 10.8 Å². The zero-order valence-electron chi connectivity index (χ0n) is 13.3. The van der Waals surface area contributed by atoms with Crippen molar-refractivity contribution in [3.05, 3.63) is 98.7 Å². The molecule has 3 aromatic rings. The standard InChI is InChI=1S/C20H13Cl3FNO/c21-13-3-1-12(2-4-13)20(26)19(17-10-7-15(24)11-18(17)23)25-16-8-5-14(22)6-9-16/h1-11,19,25H. The highest BCUT2D eigenvalue weighted by molar-refractivity contribution is 6.32. The lowest BCUT2D eigenvalue weighted by Gasteiger charge is -2.21. The van der Waals surface area contributed by atoms with Crippen LogP contribution in [0.1, 0.15) is 22.0 Å². The zero-order valence-corrected chi connectivity index (χ0v) is 15.6. The molecule has 132 valence electrons. The molecular formula is C20H13Cl3FNO. The summed E-state index contributed by atoms with van der Waals surface area (Å²) in [5.74, 6) is -0.687. The van der Waals surface area contributed by atoms with Crippen molar-refractivity contribution < 1.29 is 9.18 Å². The van der Waals surface area contributed by atoms with Gasteiger partial charge < -0.3 is 5.32 Å². The van der Waals surface area contributed by atoms with Crippen molar-refractivity contribution in [1.82, 2.24) is 0 Å². The van der Waals surface area contributed by atoms with Crippen LogP contribution in [0.15, 0.2) is 66.7 Å². The van der Waals surface area contributed by atoms with Gasteiger partial charge in [-0.15, -0.1) is 0 Å². The topological polar surface area (TPSA) is 29.1 Å². The summed E-state index contributed by atoms with van der Waals surface area (Å²) in [5, 5.41) is 4.42. The number of hydrogen-bond donors (Lipinski definition) is 1. The van der Waals surface area contributed by atoms with Crippen LogP contribution in [0, 0.1) is 5.82 Å². The number of benzene rings is 3. The average molecular weight is 409 g/mol. The Labute approximate surface area is 165 Å². The maximum absolute atomic E-state index is 13.4. The second-order valence-corrected chi connectivity index (χ2v) is 6.90. The van der Waals surface area contributed by atoms with Gasteiger partial charge in [-0.25, -0.2) is 4.39 Å². The lowest BCUT2D eigenvalue weighted by atomic mass is 9.97. The highest BCUT2D eigenvalue weighted by atomic mass is 35.5. The van der Waals surface area contributed by atoms with Gasteiger partial charge in [-0.3, -0.25) is 4.79 Å². The fraction of sp³-hybridized carbons (Fsp3) is 0.0500. The first-order valence-electron chi connectivity index (χ1n) is 7.71. The van der Waals surface area contributed by atoms with Crippen LogP contribution in [0.4, 0.5) is 10.1 Å². The van der Waals surface area contributed by atoms with Crippen LogP contribution in [0.25, 0.3) is 0 Å². The third-order valence-electron chi connectivity index (χ3n) is 3.82. The fourth-order valence-electron chi connectivity index (χ4n) is 2.51. The van der Waals surface area contributed by atoms with Gasteiger partial charge in [-0.05, 0) is 60.7 Å². The van der Waals surface area contributed by atoms with E-state index in [0.717, 1.165) is 0 Å². The minimum atomic E-state index is -0.801. The van der Waals surface area contributed by atoms with Crippen LogP contribution >= 0.6 is 34.8 Å². The molecule has 1 atom stereocenters. The van der Waals surface area contributed by atoms with Crippen LogP contribution in [-0.4, -0.2) is 5.78 Å². The number of nitrogens with one attached hydrogen (secondary N) is 1. The van der Waals surface area contributed by atoms with Crippen LogP contribution in [-0.2, 0) is 0 Å². The summed E-state index contributed by atoms with van der Waals surface area (Å²) in [4.78, 5) is 13.1. The Bertz CT molecular complexity index is 927. The highest BCUT2D eigenvalue weighted by Crippen LogP contribution is 2.30. The molecule has 3 aromatic carbocycles. The second-order valence-electron chi connectivity index (χ2n) is 5.62. The van der Waals surface area contributed by atoms with Gasteiger partial charge >= 0.3 is 0 Å². The largest absolute Gasteiger partial charge is 0.371 e. The Morgan fingerprint density at radius 2 is 1.42 bits per heavy atom. The van der Waals surface area contributed by atoms with E-state index in [2.05, 4.69) is 5.32 Å². The minimum absolute atomic E-state index is 0.166. The normalized spacial score (nSPS) is 11.8. The lowest BCUT2D eigenvalue weighted by Crippen LogP contribution is -2.21. The predicted molar refractivity (Wildman–Crippen MR) is 105 cm³/mol. The quantitative estimate of drug-likeness (QED) is 0.469. The Morgan fingerprint density at radius 1 is 0.846 bits per heavy atom. The fourth-order valence-corrected chi connectivity index (χ4v) is 3.04. The van der Waals surface area contributed by atoms with E-state index < -0.39 is 11.9 Å². The van der Waals surface area contributed by atoms with E-state index >= 15 is 0 Å². The van der Waals surface area contributed by atoms with Crippen molar-refractivity contribution in [1.29, 1.82) is 0 Å². The number of carbonyl (C=O) groups excluding carboxylic acids is 1. The molecule has 0 saturated heterocycles. The van der Waals surface area contributed by atoms with Crippen molar-refractivity contribution in [2.45, 2.75) is 6.04 Å². The molecule has 0 saturated carbocycles. The summed E-state index contributed by atoms with van der Waals surface area (Å²) in [6.07, 6.45) is 0. The number of rotatable bonds is 5. The molecule has 0 heterocycles. The summed E-state index contributed by atoms with van der Waals surface area (Å²) in [6, 6.07) is 16.6. The first-order chi connectivity index (χ1) is 12.4. The molecule has 0 aliphatic heterocycles. The molecule has 1 N–H and O–H groups in total. The molecule has 0 amide bonds. The van der Waals surface area contributed by atoms with Gasteiger partial charge in [0.15, 0.2) is 5.78 Å². The van der Waals surface area contributed by atoms with Gasteiger partial charge in [0.05, 0.1) is 0 Å². The molecule has 0 spiro atoms. The van der Waals surface area contributed by atoms with Crippen molar-refractivity contribution in [2.75, 3.05) is 5.32 Å². The Morgan fingerprint density at radius 3 is 2.00 bits per heavy atom. The molecule has 0 fully saturated rings. The number of Topliss-reactive ketones (excluding diaryl/α,β-unsaturated/α-hetero) is 1. The molecular weight excluding hydrogens is 396 g/mol. The zero-order chi connectivity index (χ0) is 18.7. The Hall–Kier alpha value is -2.07. The SMILES string of the molecule is O=C(c1ccc(Cl)cc1)C(Nc1ccc(Cl)cc1)c1ccc(F)cc1Cl. The summed E-state index contributed by atoms with van der Waals surface area (Å²) in [5.41, 5.74) is 1.62. The third-order valence-corrected chi connectivity index (χ3v) is 4.65. The molecule has 1 unspecified atom stereocenters. The van der Waals surface area contributed by atoms with Crippen LogP contribution < -0.4 is 5.32 Å². The van der Waals surface area contributed by atoms with Gasteiger partial charge in [0.2, 0.25) is 0 Å². The molecule has 26 heavy (non-hydrogen) atoms. The van der Waals surface area contributed by atoms with Gasteiger partial charge in [0, 0.05) is 31.9 Å². The van der Waals surface area contributed by atoms with Crippen molar-refractivity contribution >= 4 is 46.3 Å². The third kappa shape index (κ3) is 4.36. The summed E-state index contributed by atoms with van der Waals surface area (Å²) < 4.78 is 13.4. The van der Waals surface area contributed by atoms with Crippen molar-refractivity contribution in [3.63, 3.8) is 0 Å². The monoisotopic (exact) mass is 407 g/mol. The summed E-state index contributed by atoms with van der Waals surface area (Å²) in [7, 11) is 0. The van der Waals surface area contributed by atoms with E-state index in [1.54, 1.807) is 48.5 Å². The van der Waals surface area contributed by atoms with Crippen LogP contribution in [0.5, 0.6) is 0 Å². The number of anilines is 1. The summed E-state index contributed by atoms with van der Waals surface area (Å²) >= 11 is 18.0. The van der Waals surface area contributed by atoms with Crippen LogP contribution in [0.3, 0.4) is 0 Å². The molecule has 0 radical (unpaired) electrons. The van der Waals surface area contributed by atoms with Gasteiger partial charge in [0.1, 0.15) is 11.9 Å². The maximum atomic E-state index is 13.4. The van der Waals surface area contributed by atoms with Gasteiger partial charge in [0.25, 0.3) is 0 Å². The molecule has 2 nitrogen and oxygen atoms in total. The van der Waals surface area contributed by atoms with Gasteiger partial charge in [-0.1, -0.05) is 40.9 Å². The van der Waals surface area contributed by atoms with Crippen molar-refractivity contribution in [3.8, 4) is 0 Å². The van der Waals surface area contributed by atoms with Gasteiger partial charge in [-0.2, -0.15) is 0 Å². The van der Waals surface area contributed by atoms with Crippen molar-refractivity contribution in [2.24, 2.45) is 0 Å². The number of halogens is 4. The molecule has 0 aliphatic rings. The van der Waals surface area contributed by atoms with E-state index in [4.69, 9.17) is 34.8 Å². The van der Waals surface area contributed by atoms with E-state index in [9.17, 15) is 9.18 Å².